The number of hydrogen-bond donors (Lipinski definition) is 1. The molecule has 1 saturated heterocycles. The minimum Gasteiger partial charge on any atom is -0.493 e. The number of carbonyl (C=O) groups excluding carboxylic acids is 3. The summed E-state index contributed by atoms with van der Waals surface area (Å²) in [6.45, 7) is 3.25. The van der Waals surface area contributed by atoms with Crippen molar-refractivity contribution < 1.29 is 23.9 Å². The van der Waals surface area contributed by atoms with Crippen molar-refractivity contribution in [3.63, 3.8) is 0 Å². The van der Waals surface area contributed by atoms with Gasteiger partial charge < -0.3 is 19.7 Å². The standard InChI is InChI=1S/C23H31BrN2O5/c1-2-3-13-30-20-10-9-16(24)14-18(20)23(29)26-12-11-25-22(28)19(26)15-21(27)31-17-7-5-4-6-8-17/h9-10,14,17,19H,2-8,11-13,15H2,1H3,(H,25,28)/t19-/m0/s1. The summed E-state index contributed by atoms with van der Waals surface area (Å²) >= 11 is 3.41. The number of benzene rings is 1. The Balaban J connectivity index is 1.74. The number of rotatable bonds is 8. The lowest BCUT2D eigenvalue weighted by Crippen LogP contribution is -2.58. The van der Waals surface area contributed by atoms with Gasteiger partial charge in [0, 0.05) is 17.6 Å². The van der Waals surface area contributed by atoms with Crippen molar-refractivity contribution in [1.29, 1.82) is 0 Å². The molecule has 31 heavy (non-hydrogen) atoms. The first-order chi connectivity index (χ1) is 15.0. The Bertz CT molecular complexity index is 794. The van der Waals surface area contributed by atoms with Gasteiger partial charge in [-0.15, -0.1) is 0 Å². The highest BCUT2D eigenvalue weighted by atomic mass is 79.9. The molecule has 1 heterocycles. The van der Waals surface area contributed by atoms with Crippen LogP contribution in [0, 0.1) is 0 Å². The zero-order chi connectivity index (χ0) is 22.2. The molecule has 7 nitrogen and oxygen atoms in total. The fourth-order valence-electron chi connectivity index (χ4n) is 4.01. The lowest BCUT2D eigenvalue weighted by atomic mass is 9.98. The zero-order valence-electron chi connectivity index (χ0n) is 18.0. The molecular formula is C23H31BrN2O5. The van der Waals surface area contributed by atoms with E-state index >= 15 is 0 Å². The summed E-state index contributed by atoms with van der Waals surface area (Å²) in [7, 11) is 0. The van der Waals surface area contributed by atoms with Crippen LogP contribution >= 0.6 is 15.9 Å². The van der Waals surface area contributed by atoms with E-state index in [9.17, 15) is 14.4 Å². The summed E-state index contributed by atoms with van der Waals surface area (Å²) in [5, 5.41) is 2.76. The Kier molecular flexibility index (Phi) is 8.75. The maximum absolute atomic E-state index is 13.4. The van der Waals surface area contributed by atoms with Crippen LogP contribution in [-0.2, 0) is 14.3 Å². The SMILES string of the molecule is CCCCOc1ccc(Br)cc1C(=O)N1CCNC(=O)[C@@H]1CC(=O)OC1CCCCC1. The Morgan fingerprint density at radius 3 is 2.74 bits per heavy atom. The first-order valence-electron chi connectivity index (χ1n) is 11.2. The van der Waals surface area contributed by atoms with Crippen molar-refractivity contribution in [2.75, 3.05) is 19.7 Å². The number of carbonyl (C=O) groups is 3. The number of unbranched alkanes of at least 4 members (excludes halogenated alkanes) is 1. The maximum Gasteiger partial charge on any atom is 0.308 e. The zero-order valence-corrected chi connectivity index (χ0v) is 19.6. The van der Waals surface area contributed by atoms with Crippen molar-refractivity contribution in [3.05, 3.63) is 28.2 Å². The molecule has 0 bridgehead atoms. The second-order valence-electron chi connectivity index (χ2n) is 8.10. The Hall–Kier alpha value is -2.09. The van der Waals surface area contributed by atoms with Crippen LogP contribution in [-0.4, -0.2) is 54.5 Å². The molecule has 0 radical (unpaired) electrons. The molecule has 1 N–H and O–H groups in total. The molecular weight excluding hydrogens is 464 g/mol. The fourth-order valence-corrected chi connectivity index (χ4v) is 4.37. The molecule has 1 aliphatic heterocycles. The second kappa shape index (κ2) is 11.5. The number of nitrogens with one attached hydrogen (secondary N) is 1. The monoisotopic (exact) mass is 494 g/mol. The smallest absolute Gasteiger partial charge is 0.308 e. The third kappa shape index (κ3) is 6.45. The normalized spacial score (nSPS) is 19.6. The highest BCUT2D eigenvalue weighted by Gasteiger charge is 2.37. The highest BCUT2D eigenvalue weighted by molar-refractivity contribution is 9.10. The molecule has 1 aromatic carbocycles. The summed E-state index contributed by atoms with van der Waals surface area (Å²) in [4.78, 5) is 40.0. The van der Waals surface area contributed by atoms with E-state index in [-0.39, 0.29) is 24.3 Å². The minimum absolute atomic E-state index is 0.0827. The Morgan fingerprint density at radius 2 is 2.00 bits per heavy atom. The van der Waals surface area contributed by atoms with Crippen LogP contribution in [0.2, 0.25) is 0 Å². The van der Waals surface area contributed by atoms with E-state index in [1.165, 1.54) is 4.90 Å². The van der Waals surface area contributed by atoms with Crippen LogP contribution in [0.15, 0.2) is 22.7 Å². The molecule has 0 aromatic heterocycles. The van der Waals surface area contributed by atoms with Crippen molar-refractivity contribution >= 4 is 33.7 Å². The van der Waals surface area contributed by atoms with E-state index in [0.717, 1.165) is 49.4 Å². The summed E-state index contributed by atoms with van der Waals surface area (Å²) < 4.78 is 12.2. The number of nitrogens with zero attached hydrogens (tertiary/aromatic N) is 1. The van der Waals surface area contributed by atoms with Gasteiger partial charge in [-0.25, -0.2) is 0 Å². The van der Waals surface area contributed by atoms with Gasteiger partial charge >= 0.3 is 5.97 Å². The predicted octanol–water partition coefficient (Wildman–Crippen LogP) is 3.83. The molecule has 1 saturated carbocycles. The largest absolute Gasteiger partial charge is 0.493 e. The van der Waals surface area contributed by atoms with Crippen LogP contribution in [0.1, 0.15) is 68.6 Å². The average Bonchev–Trinajstić information content (AvgIpc) is 2.76. The van der Waals surface area contributed by atoms with Gasteiger partial charge in [-0.3, -0.25) is 14.4 Å². The molecule has 2 fully saturated rings. The molecule has 2 aliphatic rings. The maximum atomic E-state index is 13.4. The average molecular weight is 495 g/mol. The molecule has 2 amide bonds. The number of esters is 1. The second-order valence-corrected chi connectivity index (χ2v) is 9.02. The number of hydrogen-bond acceptors (Lipinski definition) is 5. The summed E-state index contributed by atoms with van der Waals surface area (Å²) in [5.74, 6) is -0.599. The number of halogens is 1. The molecule has 1 aromatic rings. The van der Waals surface area contributed by atoms with Crippen LogP contribution in [0.25, 0.3) is 0 Å². The summed E-state index contributed by atoms with van der Waals surface area (Å²) in [6.07, 6.45) is 6.63. The number of amides is 2. The third-order valence-corrected chi connectivity index (χ3v) is 6.22. The number of ether oxygens (including phenoxy) is 2. The van der Waals surface area contributed by atoms with Gasteiger partial charge in [-0.05, 0) is 50.3 Å². The van der Waals surface area contributed by atoms with E-state index < -0.39 is 12.0 Å². The highest BCUT2D eigenvalue weighted by Crippen LogP contribution is 2.27. The van der Waals surface area contributed by atoms with E-state index in [0.29, 0.717) is 31.0 Å². The molecule has 1 aliphatic carbocycles. The molecule has 3 rings (SSSR count). The van der Waals surface area contributed by atoms with Gasteiger partial charge in [-0.2, -0.15) is 0 Å². The third-order valence-electron chi connectivity index (χ3n) is 5.73. The van der Waals surface area contributed by atoms with E-state index in [4.69, 9.17) is 9.47 Å². The van der Waals surface area contributed by atoms with Gasteiger partial charge in [0.25, 0.3) is 5.91 Å². The first-order valence-corrected chi connectivity index (χ1v) is 12.0. The van der Waals surface area contributed by atoms with Crippen LogP contribution < -0.4 is 10.1 Å². The topological polar surface area (TPSA) is 84.9 Å². The van der Waals surface area contributed by atoms with Gasteiger partial charge in [0.1, 0.15) is 17.9 Å². The van der Waals surface area contributed by atoms with E-state index in [2.05, 4.69) is 28.2 Å². The quantitative estimate of drug-likeness (QED) is 0.438. The van der Waals surface area contributed by atoms with Crippen LogP contribution in [0.4, 0.5) is 0 Å². The van der Waals surface area contributed by atoms with Crippen LogP contribution in [0.3, 0.4) is 0 Å². The van der Waals surface area contributed by atoms with E-state index in [1.807, 2.05) is 6.07 Å². The Labute approximate surface area is 192 Å². The fraction of sp³-hybridized carbons (Fsp3) is 0.609. The lowest BCUT2D eigenvalue weighted by molar-refractivity contribution is -0.153. The summed E-state index contributed by atoms with van der Waals surface area (Å²) in [6, 6.07) is 4.39. The van der Waals surface area contributed by atoms with Gasteiger partial charge in [0.15, 0.2) is 0 Å². The van der Waals surface area contributed by atoms with E-state index in [1.54, 1.807) is 12.1 Å². The predicted molar refractivity (Wildman–Crippen MR) is 120 cm³/mol. The molecule has 0 spiro atoms. The first kappa shape index (κ1) is 23.6. The molecule has 8 heteroatoms. The van der Waals surface area contributed by atoms with Gasteiger partial charge in [0.2, 0.25) is 5.91 Å². The molecule has 170 valence electrons. The van der Waals surface area contributed by atoms with Crippen molar-refractivity contribution in [2.45, 2.75) is 70.4 Å². The number of piperazine rings is 1. The van der Waals surface area contributed by atoms with Gasteiger partial charge in [0.05, 0.1) is 18.6 Å². The van der Waals surface area contributed by atoms with Crippen molar-refractivity contribution in [1.82, 2.24) is 10.2 Å². The molecule has 1 atom stereocenters. The van der Waals surface area contributed by atoms with Crippen molar-refractivity contribution in [3.8, 4) is 5.75 Å². The van der Waals surface area contributed by atoms with Gasteiger partial charge in [-0.1, -0.05) is 35.7 Å². The summed E-state index contributed by atoms with van der Waals surface area (Å²) in [5.41, 5.74) is 0.380. The Morgan fingerprint density at radius 1 is 1.23 bits per heavy atom. The van der Waals surface area contributed by atoms with Crippen LogP contribution in [0.5, 0.6) is 5.75 Å². The lowest BCUT2D eigenvalue weighted by Gasteiger charge is -2.35. The van der Waals surface area contributed by atoms with Crippen molar-refractivity contribution in [2.24, 2.45) is 0 Å². The minimum atomic E-state index is -0.889. The molecule has 0 unspecified atom stereocenters.